The van der Waals surface area contributed by atoms with Crippen LogP contribution in [0.2, 0.25) is 0 Å². The molecule has 0 aromatic heterocycles. The van der Waals surface area contributed by atoms with Crippen molar-refractivity contribution in [2.75, 3.05) is 26.3 Å². The van der Waals surface area contributed by atoms with E-state index < -0.39 is 6.10 Å². The lowest BCUT2D eigenvalue weighted by molar-refractivity contribution is 0.126. The largest absolute Gasteiger partial charge is 0.508 e. The molecule has 0 aliphatic heterocycles. The monoisotopic (exact) mass is 559 g/mol. The maximum Gasteiger partial charge on any atom is 0.123 e. The van der Waals surface area contributed by atoms with Crippen LogP contribution >= 0.6 is 0 Å². The molecule has 4 aromatic rings. The molecule has 4 rings (SSSR count). The van der Waals surface area contributed by atoms with Crippen molar-refractivity contribution in [3.05, 3.63) is 108 Å². The number of benzene rings is 4. The minimum absolute atomic E-state index is 0.0533. The Morgan fingerprint density at radius 3 is 2.17 bits per heavy atom. The van der Waals surface area contributed by atoms with E-state index in [4.69, 9.17) is 4.74 Å². The van der Waals surface area contributed by atoms with E-state index in [2.05, 4.69) is 35.6 Å². The zero-order valence-electron chi connectivity index (χ0n) is 23.9. The molecule has 4 aromatic carbocycles. The van der Waals surface area contributed by atoms with E-state index in [0.717, 1.165) is 69.1 Å². The summed E-state index contributed by atoms with van der Waals surface area (Å²) in [5.74, 6) is 0.403. The number of fused-ring (bicyclic) bond motifs is 1. The first-order valence-electron chi connectivity index (χ1n) is 14.7. The third-order valence-corrected chi connectivity index (χ3v) is 7.00. The smallest absolute Gasteiger partial charge is 0.123 e. The van der Waals surface area contributed by atoms with Gasteiger partial charge < -0.3 is 30.5 Å². The number of phenols is 2. The van der Waals surface area contributed by atoms with Gasteiger partial charge in [0.2, 0.25) is 0 Å². The van der Waals surface area contributed by atoms with Gasteiger partial charge in [0, 0.05) is 30.7 Å². The summed E-state index contributed by atoms with van der Waals surface area (Å²) in [6.45, 7) is 2.77. The zero-order chi connectivity index (χ0) is 29.1. The molecule has 41 heavy (non-hydrogen) atoms. The summed E-state index contributed by atoms with van der Waals surface area (Å²) in [4.78, 5) is 0. The lowest BCUT2D eigenvalue weighted by Crippen LogP contribution is -2.22. The highest BCUT2D eigenvalue weighted by molar-refractivity contribution is 5.87. The molecule has 220 valence electrons. The lowest BCUT2D eigenvalue weighted by Gasteiger charge is -2.14. The second-order valence-corrected chi connectivity index (χ2v) is 10.2. The van der Waals surface area contributed by atoms with Crippen LogP contribution in [-0.2, 0) is 17.8 Å². The number of hydrogen-bond donors (Lipinski definition) is 5. The average molecular weight is 560 g/mol. The van der Waals surface area contributed by atoms with Gasteiger partial charge in [-0.1, -0.05) is 85.6 Å². The predicted octanol–water partition coefficient (Wildman–Crippen LogP) is 6.65. The zero-order valence-corrected chi connectivity index (χ0v) is 23.9. The fraction of sp³-hybridized carbons (Fsp3) is 0.371. The van der Waals surface area contributed by atoms with Crippen molar-refractivity contribution in [2.24, 2.45) is 0 Å². The summed E-state index contributed by atoms with van der Waals surface area (Å²) in [7, 11) is 0. The first-order valence-corrected chi connectivity index (χ1v) is 14.7. The maximum absolute atomic E-state index is 10.2. The number of aliphatic hydroxyl groups excluding tert-OH is 2. The first-order chi connectivity index (χ1) is 20.1. The van der Waals surface area contributed by atoms with Crippen molar-refractivity contribution in [3.8, 4) is 11.5 Å². The third kappa shape index (κ3) is 11.9. The molecular weight excluding hydrogens is 514 g/mol. The van der Waals surface area contributed by atoms with E-state index in [1.54, 1.807) is 18.2 Å². The summed E-state index contributed by atoms with van der Waals surface area (Å²) in [6, 6.07) is 28.7. The van der Waals surface area contributed by atoms with Crippen molar-refractivity contribution < 1.29 is 25.2 Å². The molecule has 0 saturated carbocycles. The molecular formula is C35H45NO5. The van der Waals surface area contributed by atoms with E-state index in [9.17, 15) is 20.4 Å². The Balaban J connectivity index is 0.000000346. The van der Waals surface area contributed by atoms with E-state index in [-0.39, 0.29) is 12.4 Å². The number of aliphatic hydroxyl groups is 2. The molecule has 0 fully saturated rings. The number of nitrogens with one attached hydrogen (secondary N) is 1. The summed E-state index contributed by atoms with van der Waals surface area (Å²) in [6.07, 6.45) is 7.24. The second-order valence-electron chi connectivity index (χ2n) is 10.2. The van der Waals surface area contributed by atoms with E-state index in [1.165, 1.54) is 18.1 Å². The Morgan fingerprint density at radius 2 is 1.39 bits per heavy atom. The van der Waals surface area contributed by atoms with Crippen LogP contribution in [0.25, 0.3) is 10.8 Å². The van der Waals surface area contributed by atoms with Gasteiger partial charge in [0.15, 0.2) is 0 Å². The molecule has 5 N–H and O–H groups in total. The molecule has 0 spiro atoms. The van der Waals surface area contributed by atoms with Crippen molar-refractivity contribution in [1.82, 2.24) is 5.32 Å². The number of hydrogen-bond acceptors (Lipinski definition) is 6. The van der Waals surface area contributed by atoms with E-state index >= 15 is 0 Å². The van der Waals surface area contributed by atoms with Gasteiger partial charge in [0.1, 0.15) is 11.5 Å². The van der Waals surface area contributed by atoms with Gasteiger partial charge in [-0.2, -0.15) is 0 Å². The molecule has 0 bridgehead atoms. The summed E-state index contributed by atoms with van der Waals surface area (Å²) in [5, 5.41) is 43.6. The highest BCUT2D eigenvalue weighted by Crippen LogP contribution is 2.23. The van der Waals surface area contributed by atoms with Gasteiger partial charge in [-0.3, -0.25) is 0 Å². The quantitative estimate of drug-likeness (QED) is 0.0985. The number of rotatable bonds is 16. The SMILES string of the molecule is OCc1cc(C(O)CNCCCCCCOCCCCc2ccccc2)ccc1O.Oc1cccc2ccccc12. The van der Waals surface area contributed by atoms with Crippen LogP contribution in [0.4, 0.5) is 0 Å². The summed E-state index contributed by atoms with van der Waals surface area (Å²) < 4.78 is 5.72. The number of phenolic OH excluding ortho intramolecular Hbond substituents is 1. The molecule has 0 aliphatic rings. The van der Waals surface area contributed by atoms with Gasteiger partial charge in [-0.05, 0) is 73.4 Å². The molecule has 0 saturated heterocycles. The molecule has 1 unspecified atom stereocenters. The van der Waals surface area contributed by atoms with Gasteiger partial charge in [-0.15, -0.1) is 0 Å². The number of unbranched alkanes of at least 4 members (excludes halogenated alkanes) is 4. The van der Waals surface area contributed by atoms with Crippen LogP contribution in [0, 0.1) is 0 Å². The Labute approximate surface area is 244 Å². The number of aryl methyl sites for hydroxylation is 1. The molecule has 6 nitrogen and oxygen atoms in total. The van der Waals surface area contributed by atoms with Gasteiger partial charge in [0.05, 0.1) is 12.7 Å². The minimum Gasteiger partial charge on any atom is -0.508 e. The fourth-order valence-electron chi connectivity index (χ4n) is 4.59. The fourth-order valence-corrected chi connectivity index (χ4v) is 4.59. The van der Waals surface area contributed by atoms with E-state index in [0.29, 0.717) is 23.4 Å². The van der Waals surface area contributed by atoms with Crippen molar-refractivity contribution in [1.29, 1.82) is 0 Å². The number of ether oxygens (including phenoxy) is 1. The average Bonchev–Trinajstić information content (AvgIpc) is 3.00. The van der Waals surface area contributed by atoms with Crippen LogP contribution in [0.15, 0.2) is 91.0 Å². The summed E-state index contributed by atoms with van der Waals surface area (Å²) in [5.41, 5.74) is 2.53. The Morgan fingerprint density at radius 1 is 0.683 bits per heavy atom. The van der Waals surface area contributed by atoms with Crippen LogP contribution in [0.3, 0.4) is 0 Å². The Bertz CT molecular complexity index is 1260. The van der Waals surface area contributed by atoms with Crippen LogP contribution < -0.4 is 5.32 Å². The standard InChI is InChI=1S/C25H37NO4.C10H8O/c27-20-23-18-22(13-14-24(23)28)25(29)19-26-15-7-1-2-8-16-30-17-9-6-12-21-10-4-3-5-11-21;11-10-7-3-5-8-4-1-2-6-9(8)10/h3-5,10-11,13-14,18,25-29H,1-2,6-9,12,15-17,19-20H2;1-7,11H. The Kier molecular flexibility index (Phi) is 14.7. The lowest BCUT2D eigenvalue weighted by atomic mass is 10.1. The van der Waals surface area contributed by atoms with Crippen molar-refractivity contribution >= 4 is 10.8 Å². The maximum atomic E-state index is 10.2. The summed E-state index contributed by atoms with van der Waals surface area (Å²) >= 11 is 0. The molecule has 0 heterocycles. The van der Waals surface area contributed by atoms with Crippen LogP contribution in [-0.4, -0.2) is 46.7 Å². The highest BCUT2D eigenvalue weighted by Gasteiger charge is 2.09. The Hall–Kier alpha value is -3.42. The van der Waals surface area contributed by atoms with Crippen molar-refractivity contribution in [2.45, 2.75) is 57.7 Å². The van der Waals surface area contributed by atoms with Gasteiger partial charge in [-0.25, -0.2) is 0 Å². The van der Waals surface area contributed by atoms with Crippen molar-refractivity contribution in [3.63, 3.8) is 0 Å². The topological polar surface area (TPSA) is 102 Å². The normalized spacial score (nSPS) is 11.7. The predicted molar refractivity (Wildman–Crippen MR) is 166 cm³/mol. The van der Waals surface area contributed by atoms with Gasteiger partial charge >= 0.3 is 0 Å². The van der Waals surface area contributed by atoms with Gasteiger partial charge in [0.25, 0.3) is 0 Å². The minimum atomic E-state index is -0.647. The molecule has 6 heteroatoms. The third-order valence-electron chi connectivity index (χ3n) is 7.00. The molecule has 0 amide bonds. The molecule has 0 aliphatic carbocycles. The first kappa shape index (κ1) is 32.1. The van der Waals surface area contributed by atoms with Crippen LogP contribution in [0.5, 0.6) is 11.5 Å². The second kappa shape index (κ2) is 18.8. The highest BCUT2D eigenvalue weighted by atomic mass is 16.5. The van der Waals surface area contributed by atoms with Crippen LogP contribution in [0.1, 0.15) is 61.3 Å². The number of aromatic hydroxyl groups is 2. The molecule has 0 radical (unpaired) electrons. The molecule has 1 atom stereocenters. The van der Waals surface area contributed by atoms with E-state index in [1.807, 2.05) is 36.4 Å².